The monoisotopic (exact) mass is 268 g/mol. The molecule has 0 aliphatic rings. The van der Waals surface area contributed by atoms with Gasteiger partial charge in [-0.2, -0.15) is 0 Å². The molecule has 0 saturated heterocycles. The Morgan fingerprint density at radius 3 is 2.56 bits per heavy atom. The lowest BCUT2D eigenvalue weighted by atomic mass is 10.1. The minimum Gasteiger partial charge on any atom is -0.393 e. The number of nitrogens with one attached hydrogen (secondary N) is 1. The average Bonchev–Trinajstić information content (AvgIpc) is 2.30. The molecule has 1 rings (SSSR count). The Hall–Kier alpha value is -1.49. The molecule has 0 bridgehead atoms. The second kappa shape index (κ2) is 7.06. The van der Waals surface area contributed by atoms with Crippen molar-refractivity contribution in [1.29, 1.82) is 0 Å². The van der Waals surface area contributed by atoms with E-state index in [1.165, 1.54) is 12.1 Å². The molecule has 3 nitrogen and oxygen atoms in total. The number of halogens is 1. The maximum atomic E-state index is 12.7. The lowest BCUT2D eigenvalue weighted by Crippen LogP contribution is -2.37. The van der Waals surface area contributed by atoms with Crippen LogP contribution in [-0.2, 0) is 11.2 Å². The summed E-state index contributed by atoms with van der Waals surface area (Å²) in [6.45, 7) is 1.96. The van der Waals surface area contributed by atoms with E-state index in [0.29, 0.717) is 11.4 Å². The summed E-state index contributed by atoms with van der Waals surface area (Å²) < 4.78 is 12.7. The van der Waals surface area contributed by atoms with Crippen molar-refractivity contribution >= 4 is 23.1 Å². The number of amides is 1. The number of nitrogens with two attached hydrogens (primary N) is 1. The van der Waals surface area contributed by atoms with Crippen molar-refractivity contribution in [3.05, 3.63) is 35.6 Å². The normalized spacial score (nSPS) is 11.9. The molecule has 0 aromatic heterocycles. The molecular weight excluding hydrogens is 251 g/mol. The van der Waals surface area contributed by atoms with E-state index >= 15 is 0 Å². The van der Waals surface area contributed by atoms with Crippen LogP contribution in [0, 0.1) is 5.82 Å². The molecule has 0 spiro atoms. The number of thiocarbonyl (C=S) groups is 1. The fourth-order valence-electron chi connectivity index (χ4n) is 1.61. The van der Waals surface area contributed by atoms with E-state index in [9.17, 15) is 9.18 Å². The molecule has 0 aliphatic carbocycles. The molecule has 0 radical (unpaired) electrons. The van der Waals surface area contributed by atoms with Gasteiger partial charge in [0.1, 0.15) is 5.82 Å². The third kappa shape index (κ3) is 5.23. The number of carbonyl (C=O) groups excluding carboxylic acids is 1. The summed E-state index contributed by atoms with van der Waals surface area (Å²) >= 11 is 4.82. The fourth-order valence-corrected chi connectivity index (χ4v) is 1.81. The van der Waals surface area contributed by atoms with Gasteiger partial charge in [0, 0.05) is 12.5 Å². The molecule has 1 amide bonds. The Bertz CT molecular complexity index is 420. The molecule has 1 atom stereocenters. The highest BCUT2D eigenvalue weighted by atomic mass is 32.1. The van der Waals surface area contributed by atoms with E-state index in [2.05, 4.69) is 5.32 Å². The second-order valence-corrected chi connectivity index (χ2v) is 4.67. The van der Waals surface area contributed by atoms with E-state index in [1.54, 1.807) is 12.1 Å². The van der Waals surface area contributed by atoms with Gasteiger partial charge in [-0.15, -0.1) is 0 Å². The number of rotatable bonds is 6. The highest BCUT2D eigenvalue weighted by molar-refractivity contribution is 7.80. The van der Waals surface area contributed by atoms with Crippen molar-refractivity contribution in [1.82, 2.24) is 5.32 Å². The van der Waals surface area contributed by atoms with E-state index in [0.717, 1.165) is 12.0 Å². The quantitative estimate of drug-likeness (QED) is 0.775. The zero-order valence-electron chi connectivity index (χ0n) is 10.3. The van der Waals surface area contributed by atoms with E-state index < -0.39 is 0 Å². The largest absolute Gasteiger partial charge is 0.393 e. The average molecular weight is 268 g/mol. The molecule has 1 unspecified atom stereocenters. The van der Waals surface area contributed by atoms with Gasteiger partial charge in [0.2, 0.25) is 5.91 Å². The van der Waals surface area contributed by atoms with E-state index in [1.807, 2.05) is 6.92 Å². The molecule has 0 heterocycles. The Morgan fingerprint density at radius 1 is 1.44 bits per heavy atom. The van der Waals surface area contributed by atoms with Gasteiger partial charge in [0.05, 0.1) is 11.4 Å². The van der Waals surface area contributed by atoms with Gasteiger partial charge in [-0.1, -0.05) is 31.3 Å². The van der Waals surface area contributed by atoms with Crippen LogP contribution in [-0.4, -0.2) is 16.9 Å². The lowest BCUT2D eigenvalue weighted by Gasteiger charge is -2.16. The lowest BCUT2D eigenvalue weighted by molar-refractivity contribution is -0.121. The summed E-state index contributed by atoms with van der Waals surface area (Å²) in [5.74, 6) is -0.413. The molecule has 3 N–H and O–H groups in total. The molecule has 0 aliphatic heterocycles. The maximum Gasteiger partial charge on any atom is 0.224 e. The summed E-state index contributed by atoms with van der Waals surface area (Å²) in [7, 11) is 0. The van der Waals surface area contributed by atoms with Crippen molar-refractivity contribution < 1.29 is 9.18 Å². The van der Waals surface area contributed by atoms with Crippen LogP contribution in [0.1, 0.15) is 25.3 Å². The Kier molecular flexibility index (Phi) is 5.71. The minimum absolute atomic E-state index is 0.0320. The van der Waals surface area contributed by atoms with Crippen molar-refractivity contribution in [3.8, 4) is 0 Å². The Labute approximate surface area is 112 Å². The first-order valence-electron chi connectivity index (χ1n) is 5.83. The Morgan fingerprint density at radius 2 is 2.06 bits per heavy atom. The molecule has 98 valence electrons. The first-order chi connectivity index (χ1) is 8.51. The molecule has 18 heavy (non-hydrogen) atoms. The highest BCUT2D eigenvalue weighted by Crippen LogP contribution is 2.04. The second-order valence-electron chi connectivity index (χ2n) is 4.15. The molecule has 5 heteroatoms. The predicted octanol–water partition coefficient (Wildman–Crippen LogP) is 1.94. The van der Waals surface area contributed by atoms with E-state index in [-0.39, 0.29) is 24.2 Å². The topological polar surface area (TPSA) is 55.1 Å². The van der Waals surface area contributed by atoms with Crippen molar-refractivity contribution in [2.24, 2.45) is 5.73 Å². The van der Waals surface area contributed by atoms with Crippen LogP contribution in [0.15, 0.2) is 24.3 Å². The SMILES string of the molecule is CCC(CC(N)=S)NC(=O)Cc1ccc(F)cc1. The van der Waals surface area contributed by atoms with E-state index in [4.69, 9.17) is 18.0 Å². The van der Waals surface area contributed by atoms with Gasteiger partial charge in [-0.25, -0.2) is 4.39 Å². The van der Waals surface area contributed by atoms with Gasteiger partial charge in [-0.05, 0) is 24.1 Å². The molecule has 0 fully saturated rings. The van der Waals surface area contributed by atoms with Gasteiger partial charge in [0.25, 0.3) is 0 Å². The van der Waals surface area contributed by atoms with Gasteiger partial charge in [0.15, 0.2) is 0 Å². The number of hydrogen-bond acceptors (Lipinski definition) is 2. The first kappa shape index (κ1) is 14.6. The summed E-state index contributed by atoms with van der Waals surface area (Å²) in [4.78, 5) is 12.2. The third-order valence-corrected chi connectivity index (χ3v) is 2.75. The summed E-state index contributed by atoms with van der Waals surface area (Å²) in [5.41, 5.74) is 6.23. The molecule has 1 aromatic carbocycles. The zero-order chi connectivity index (χ0) is 13.5. The smallest absolute Gasteiger partial charge is 0.224 e. The van der Waals surface area contributed by atoms with Crippen LogP contribution in [0.25, 0.3) is 0 Å². The molecule has 0 saturated carbocycles. The molecule has 1 aromatic rings. The standard InChI is InChI=1S/C13H17FN2OS/c1-2-11(8-12(15)18)16-13(17)7-9-3-5-10(14)6-4-9/h3-6,11H,2,7-8H2,1H3,(H2,15,18)(H,16,17). The summed E-state index contributed by atoms with van der Waals surface area (Å²) in [5, 5.41) is 2.86. The van der Waals surface area contributed by atoms with Gasteiger partial charge in [-0.3, -0.25) is 4.79 Å². The summed E-state index contributed by atoms with van der Waals surface area (Å²) in [6, 6.07) is 5.85. The maximum absolute atomic E-state index is 12.7. The third-order valence-electron chi connectivity index (χ3n) is 2.58. The first-order valence-corrected chi connectivity index (χ1v) is 6.24. The zero-order valence-corrected chi connectivity index (χ0v) is 11.1. The molecular formula is C13H17FN2OS. The fraction of sp³-hybridized carbons (Fsp3) is 0.385. The van der Waals surface area contributed by atoms with Gasteiger partial charge < -0.3 is 11.1 Å². The van der Waals surface area contributed by atoms with Crippen LogP contribution < -0.4 is 11.1 Å². The number of benzene rings is 1. The van der Waals surface area contributed by atoms with Crippen molar-refractivity contribution in [2.45, 2.75) is 32.2 Å². The van der Waals surface area contributed by atoms with Crippen LogP contribution >= 0.6 is 12.2 Å². The van der Waals surface area contributed by atoms with Crippen LogP contribution in [0.3, 0.4) is 0 Å². The van der Waals surface area contributed by atoms with Gasteiger partial charge >= 0.3 is 0 Å². The van der Waals surface area contributed by atoms with Crippen molar-refractivity contribution in [3.63, 3.8) is 0 Å². The number of hydrogen-bond donors (Lipinski definition) is 2. The summed E-state index contributed by atoms with van der Waals surface area (Å²) in [6.07, 6.45) is 1.50. The predicted molar refractivity (Wildman–Crippen MR) is 73.7 cm³/mol. The number of carbonyl (C=O) groups is 1. The van der Waals surface area contributed by atoms with Crippen LogP contribution in [0.4, 0.5) is 4.39 Å². The van der Waals surface area contributed by atoms with Crippen molar-refractivity contribution in [2.75, 3.05) is 0 Å². The highest BCUT2D eigenvalue weighted by Gasteiger charge is 2.11. The van der Waals surface area contributed by atoms with Crippen LogP contribution in [0.2, 0.25) is 0 Å². The Balaban J connectivity index is 2.49. The minimum atomic E-state index is -0.306. The van der Waals surface area contributed by atoms with Crippen LogP contribution in [0.5, 0.6) is 0 Å².